The lowest BCUT2D eigenvalue weighted by atomic mass is 9.44. The molecule has 0 aromatic carbocycles. The van der Waals surface area contributed by atoms with Gasteiger partial charge in [0.15, 0.2) is 0 Å². The highest BCUT2D eigenvalue weighted by atomic mass is 16.6. The van der Waals surface area contributed by atoms with Crippen molar-refractivity contribution in [3.8, 4) is 0 Å². The SMILES string of the molecule is C=C(C)C(=O)OC(CCC)(CCC)C12CC3CC(CC(C3)C1)C2. The monoisotopic (exact) mass is 318 g/mol. The molecule has 0 heterocycles. The molecule has 0 aromatic heterocycles. The van der Waals surface area contributed by atoms with Crippen LogP contribution in [0.2, 0.25) is 0 Å². The average molecular weight is 319 g/mol. The van der Waals surface area contributed by atoms with Gasteiger partial charge in [-0.3, -0.25) is 0 Å². The Morgan fingerprint density at radius 1 is 1.04 bits per heavy atom. The lowest BCUT2D eigenvalue weighted by molar-refractivity contribution is -0.211. The highest BCUT2D eigenvalue weighted by molar-refractivity contribution is 5.87. The van der Waals surface area contributed by atoms with Crippen LogP contribution in [0.4, 0.5) is 0 Å². The molecule has 0 aliphatic heterocycles. The first-order valence-corrected chi connectivity index (χ1v) is 9.82. The second-order valence-corrected chi connectivity index (χ2v) is 8.86. The van der Waals surface area contributed by atoms with E-state index in [0.717, 1.165) is 43.4 Å². The summed E-state index contributed by atoms with van der Waals surface area (Å²) in [6.45, 7) is 10.1. The number of esters is 1. The molecular formula is C21H34O2. The third-order valence-electron chi connectivity index (χ3n) is 6.95. The highest BCUT2D eigenvalue weighted by Gasteiger charge is 2.61. The van der Waals surface area contributed by atoms with E-state index < -0.39 is 0 Å². The smallest absolute Gasteiger partial charge is 0.333 e. The van der Waals surface area contributed by atoms with E-state index >= 15 is 0 Å². The molecular weight excluding hydrogens is 284 g/mol. The predicted octanol–water partition coefficient (Wildman–Crippen LogP) is 5.66. The minimum absolute atomic E-state index is 0.164. The van der Waals surface area contributed by atoms with Crippen LogP contribution in [-0.4, -0.2) is 11.6 Å². The summed E-state index contributed by atoms with van der Waals surface area (Å²) < 4.78 is 6.33. The fraction of sp³-hybridized carbons (Fsp3) is 0.857. The lowest BCUT2D eigenvalue weighted by Gasteiger charge is -2.63. The summed E-state index contributed by atoms with van der Waals surface area (Å²) >= 11 is 0. The van der Waals surface area contributed by atoms with E-state index in [9.17, 15) is 4.79 Å². The van der Waals surface area contributed by atoms with E-state index in [4.69, 9.17) is 4.74 Å². The van der Waals surface area contributed by atoms with Crippen LogP contribution in [0.1, 0.15) is 85.0 Å². The maximum Gasteiger partial charge on any atom is 0.333 e. The Balaban J connectivity index is 1.96. The third-order valence-corrected chi connectivity index (χ3v) is 6.95. The average Bonchev–Trinajstić information content (AvgIpc) is 2.45. The zero-order chi connectivity index (χ0) is 16.7. The van der Waals surface area contributed by atoms with Gasteiger partial charge >= 0.3 is 5.97 Å². The van der Waals surface area contributed by atoms with Gasteiger partial charge in [0.05, 0.1) is 0 Å². The second kappa shape index (κ2) is 6.26. The minimum Gasteiger partial charge on any atom is -0.455 e. The molecule has 23 heavy (non-hydrogen) atoms. The van der Waals surface area contributed by atoms with Crippen LogP contribution in [0.25, 0.3) is 0 Å². The lowest BCUT2D eigenvalue weighted by Crippen LogP contribution is -2.60. The highest BCUT2D eigenvalue weighted by Crippen LogP contribution is 2.66. The number of ether oxygens (including phenoxy) is 1. The van der Waals surface area contributed by atoms with Gasteiger partial charge in [0.2, 0.25) is 0 Å². The van der Waals surface area contributed by atoms with Crippen LogP contribution in [0.3, 0.4) is 0 Å². The summed E-state index contributed by atoms with van der Waals surface area (Å²) in [6.07, 6.45) is 12.4. The van der Waals surface area contributed by atoms with Gasteiger partial charge in [-0.2, -0.15) is 0 Å². The topological polar surface area (TPSA) is 26.3 Å². The molecule has 0 N–H and O–H groups in total. The second-order valence-electron chi connectivity index (χ2n) is 8.86. The van der Waals surface area contributed by atoms with Crippen molar-refractivity contribution in [2.45, 2.75) is 90.6 Å². The molecule has 4 fully saturated rings. The molecule has 0 atom stereocenters. The molecule has 0 amide bonds. The third kappa shape index (κ3) is 2.87. The largest absolute Gasteiger partial charge is 0.455 e. The molecule has 0 radical (unpaired) electrons. The van der Waals surface area contributed by atoms with Gasteiger partial charge in [0.1, 0.15) is 5.60 Å². The number of carbonyl (C=O) groups excluding carboxylic acids is 1. The van der Waals surface area contributed by atoms with E-state index in [1.54, 1.807) is 6.92 Å². The van der Waals surface area contributed by atoms with E-state index in [1.165, 1.54) is 38.5 Å². The first kappa shape index (κ1) is 17.0. The van der Waals surface area contributed by atoms with Gasteiger partial charge in [-0.1, -0.05) is 33.3 Å². The first-order chi connectivity index (χ1) is 10.9. The summed E-state index contributed by atoms with van der Waals surface area (Å²) in [6, 6.07) is 0. The number of hydrogen-bond donors (Lipinski definition) is 0. The molecule has 0 saturated heterocycles. The van der Waals surface area contributed by atoms with E-state index in [1.807, 2.05) is 0 Å². The minimum atomic E-state index is -0.247. The van der Waals surface area contributed by atoms with Crippen LogP contribution < -0.4 is 0 Å². The van der Waals surface area contributed by atoms with Gasteiger partial charge in [-0.15, -0.1) is 0 Å². The molecule has 4 bridgehead atoms. The van der Waals surface area contributed by atoms with Crippen LogP contribution in [-0.2, 0) is 9.53 Å². The summed E-state index contributed by atoms with van der Waals surface area (Å²) in [5.41, 5.74) is 0.549. The Hall–Kier alpha value is -0.790. The van der Waals surface area contributed by atoms with Gasteiger partial charge in [0.25, 0.3) is 0 Å². The van der Waals surface area contributed by atoms with Crippen molar-refractivity contribution in [1.29, 1.82) is 0 Å². The summed E-state index contributed by atoms with van der Waals surface area (Å²) in [5.74, 6) is 2.50. The number of carbonyl (C=O) groups is 1. The van der Waals surface area contributed by atoms with Gasteiger partial charge in [-0.25, -0.2) is 4.79 Å². The van der Waals surface area contributed by atoms with Gasteiger partial charge in [0, 0.05) is 11.0 Å². The van der Waals surface area contributed by atoms with Crippen molar-refractivity contribution in [2.75, 3.05) is 0 Å². The number of rotatable bonds is 7. The standard InChI is InChI=1S/C21H34O2/c1-5-7-21(8-6-2,23-19(22)15(3)4)20-12-16-9-17(13-20)11-18(10-16)14-20/h16-18H,3,5-14H2,1-2,4H3. The maximum atomic E-state index is 12.5. The molecule has 2 heteroatoms. The Morgan fingerprint density at radius 3 is 1.83 bits per heavy atom. The van der Waals surface area contributed by atoms with Crippen LogP contribution in [0.15, 0.2) is 12.2 Å². The number of hydrogen-bond acceptors (Lipinski definition) is 2. The normalized spacial score (nSPS) is 35.3. The molecule has 0 spiro atoms. The van der Waals surface area contributed by atoms with Crippen molar-refractivity contribution in [2.24, 2.45) is 23.2 Å². The van der Waals surface area contributed by atoms with E-state index in [0.29, 0.717) is 5.57 Å². The Kier molecular flexibility index (Phi) is 4.64. The molecule has 4 saturated carbocycles. The molecule has 2 nitrogen and oxygen atoms in total. The van der Waals surface area contributed by atoms with E-state index in [2.05, 4.69) is 20.4 Å². The summed E-state index contributed by atoms with van der Waals surface area (Å²) in [7, 11) is 0. The van der Waals surface area contributed by atoms with Crippen molar-refractivity contribution in [3.05, 3.63) is 12.2 Å². The van der Waals surface area contributed by atoms with Crippen LogP contribution >= 0.6 is 0 Å². The zero-order valence-corrected chi connectivity index (χ0v) is 15.3. The molecule has 4 rings (SSSR count). The molecule has 4 aliphatic carbocycles. The van der Waals surface area contributed by atoms with Crippen LogP contribution in [0.5, 0.6) is 0 Å². The summed E-state index contributed by atoms with van der Waals surface area (Å²) in [4.78, 5) is 12.5. The Morgan fingerprint density at radius 2 is 1.48 bits per heavy atom. The molecule has 0 aromatic rings. The van der Waals surface area contributed by atoms with Gasteiger partial charge < -0.3 is 4.74 Å². The quantitative estimate of drug-likeness (QED) is 0.447. The van der Waals surface area contributed by atoms with Crippen molar-refractivity contribution in [1.82, 2.24) is 0 Å². The maximum absolute atomic E-state index is 12.5. The Bertz CT molecular complexity index is 435. The van der Waals surface area contributed by atoms with Crippen molar-refractivity contribution in [3.63, 3.8) is 0 Å². The molecule has 130 valence electrons. The van der Waals surface area contributed by atoms with Crippen molar-refractivity contribution < 1.29 is 9.53 Å². The fourth-order valence-corrected chi connectivity index (χ4v) is 6.61. The molecule has 0 unspecified atom stereocenters. The predicted molar refractivity (Wildman–Crippen MR) is 94.1 cm³/mol. The summed E-state index contributed by atoms with van der Waals surface area (Å²) in [5, 5.41) is 0. The molecule has 4 aliphatic rings. The zero-order valence-electron chi connectivity index (χ0n) is 15.3. The van der Waals surface area contributed by atoms with E-state index in [-0.39, 0.29) is 17.0 Å². The fourth-order valence-electron chi connectivity index (χ4n) is 6.61. The van der Waals surface area contributed by atoms with Crippen LogP contribution in [0, 0.1) is 23.2 Å². The first-order valence-electron chi connectivity index (χ1n) is 9.82. The van der Waals surface area contributed by atoms with Crippen molar-refractivity contribution >= 4 is 5.97 Å². The van der Waals surface area contributed by atoms with Gasteiger partial charge in [-0.05, 0) is 76.0 Å². The Labute approximate surface area is 142 Å².